The summed E-state index contributed by atoms with van der Waals surface area (Å²) in [5, 5.41) is 8.44. The monoisotopic (exact) mass is 333 g/mol. The van der Waals surface area contributed by atoms with Crippen molar-refractivity contribution >= 4 is 5.82 Å². The molecule has 0 radical (unpaired) electrons. The van der Waals surface area contributed by atoms with Crippen LogP contribution >= 0.6 is 0 Å². The third-order valence-electron chi connectivity index (χ3n) is 4.88. The Bertz CT molecular complexity index is 991. The van der Waals surface area contributed by atoms with Crippen LogP contribution in [0, 0.1) is 13.8 Å². The van der Waals surface area contributed by atoms with Crippen LogP contribution in [-0.2, 0) is 6.42 Å². The summed E-state index contributed by atoms with van der Waals surface area (Å²) >= 11 is 0. The van der Waals surface area contributed by atoms with Gasteiger partial charge in [-0.15, -0.1) is 0 Å². The number of aryl methyl sites for hydroxylation is 2. The lowest BCUT2D eigenvalue weighted by Gasteiger charge is -2.10. The second-order valence-electron chi connectivity index (χ2n) is 6.62. The first-order valence-electron chi connectivity index (χ1n) is 8.54. The fourth-order valence-corrected chi connectivity index (χ4v) is 3.67. The van der Waals surface area contributed by atoms with Crippen LogP contribution in [0.2, 0.25) is 0 Å². The van der Waals surface area contributed by atoms with Crippen LogP contribution in [0.5, 0.6) is 11.5 Å². The van der Waals surface area contributed by atoms with Crippen molar-refractivity contribution in [2.24, 2.45) is 0 Å². The van der Waals surface area contributed by atoms with Gasteiger partial charge in [-0.05, 0) is 50.1 Å². The van der Waals surface area contributed by atoms with Crippen LogP contribution in [0.25, 0.3) is 16.9 Å². The van der Waals surface area contributed by atoms with Crippen molar-refractivity contribution in [1.82, 2.24) is 9.78 Å². The van der Waals surface area contributed by atoms with Crippen molar-refractivity contribution in [3.8, 4) is 28.4 Å². The van der Waals surface area contributed by atoms with E-state index >= 15 is 0 Å². The van der Waals surface area contributed by atoms with Crippen LogP contribution < -0.4 is 14.8 Å². The van der Waals surface area contributed by atoms with Gasteiger partial charge in [0.1, 0.15) is 5.82 Å². The number of nitrogens with zero attached hydrogens (tertiary/aromatic N) is 2. The predicted molar refractivity (Wildman–Crippen MR) is 96.8 cm³/mol. The third-order valence-corrected chi connectivity index (χ3v) is 4.88. The summed E-state index contributed by atoms with van der Waals surface area (Å²) in [6.45, 7) is 5.47. The lowest BCUT2D eigenvalue weighted by molar-refractivity contribution is 0.174. The summed E-state index contributed by atoms with van der Waals surface area (Å²) in [5.74, 6) is 2.69. The molecule has 0 aliphatic carbocycles. The zero-order chi connectivity index (χ0) is 17.0. The Labute approximate surface area is 146 Å². The average Bonchev–Trinajstić information content (AvgIpc) is 3.30. The lowest BCUT2D eigenvalue weighted by Crippen LogP contribution is -2.05. The molecule has 3 aromatic rings. The van der Waals surface area contributed by atoms with E-state index in [0.29, 0.717) is 0 Å². The molecule has 126 valence electrons. The Morgan fingerprint density at radius 2 is 1.92 bits per heavy atom. The van der Waals surface area contributed by atoms with Gasteiger partial charge in [0, 0.05) is 17.7 Å². The zero-order valence-corrected chi connectivity index (χ0v) is 14.3. The molecule has 0 amide bonds. The molecule has 3 heterocycles. The molecule has 0 fully saturated rings. The lowest BCUT2D eigenvalue weighted by atomic mass is 10.1. The van der Waals surface area contributed by atoms with Crippen LogP contribution in [-0.4, -0.2) is 23.1 Å². The summed E-state index contributed by atoms with van der Waals surface area (Å²) < 4.78 is 13.0. The van der Waals surface area contributed by atoms with E-state index in [4.69, 9.17) is 14.6 Å². The summed E-state index contributed by atoms with van der Waals surface area (Å²) in [7, 11) is 0. The molecule has 2 aliphatic heterocycles. The highest BCUT2D eigenvalue weighted by Crippen LogP contribution is 2.40. The van der Waals surface area contributed by atoms with E-state index in [1.54, 1.807) is 0 Å². The Morgan fingerprint density at radius 3 is 2.80 bits per heavy atom. The largest absolute Gasteiger partial charge is 0.454 e. The van der Waals surface area contributed by atoms with Gasteiger partial charge in [-0.2, -0.15) is 5.10 Å². The predicted octanol–water partition coefficient (Wildman–Crippen LogP) is 3.85. The third kappa shape index (κ3) is 2.19. The highest BCUT2D eigenvalue weighted by atomic mass is 16.7. The molecule has 5 nitrogen and oxygen atoms in total. The van der Waals surface area contributed by atoms with Gasteiger partial charge in [0.05, 0.1) is 11.4 Å². The fraction of sp³-hybridized carbons (Fsp3) is 0.250. The molecule has 2 aromatic carbocycles. The molecule has 0 bridgehead atoms. The van der Waals surface area contributed by atoms with Gasteiger partial charge in [-0.3, -0.25) is 0 Å². The van der Waals surface area contributed by atoms with Crippen molar-refractivity contribution in [2.75, 3.05) is 18.7 Å². The second-order valence-corrected chi connectivity index (χ2v) is 6.62. The molecule has 2 aliphatic rings. The number of nitrogens with one attached hydrogen (secondary N) is 1. The summed E-state index contributed by atoms with van der Waals surface area (Å²) in [6.07, 6.45) is 0.976. The van der Waals surface area contributed by atoms with Gasteiger partial charge in [-0.25, -0.2) is 4.68 Å². The highest BCUT2D eigenvalue weighted by molar-refractivity contribution is 5.74. The summed E-state index contributed by atoms with van der Waals surface area (Å²) in [4.78, 5) is 0. The zero-order valence-electron chi connectivity index (χ0n) is 14.3. The quantitative estimate of drug-likeness (QED) is 0.774. The Morgan fingerprint density at radius 1 is 1.04 bits per heavy atom. The first-order chi connectivity index (χ1) is 12.2. The highest BCUT2D eigenvalue weighted by Gasteiger charge is 2.25. The van der Waals surface area contributed by atoms with E-state index in [0.717, 1.165) is 47.2 Å². The van der Waals surface area contributed by atoms with Gasteiger partial charge in [0.25, 0.3) is 0 Å². The molecular formula is C20H19N3O2. The van der Waals surface area contributed by atoms with Crippen molar-refractivity contribution in [3.63, 3.8) is 0 Å². The maximum atomic E-state index is 5.53. The van der Waals surface area contributed by atoms with E-state index in [1.165, 1.54) is 16.7 Å². The van der Waals surface area contributed by atoms with E-state index in [-0.39, 0.29) is 6.79 Å². The minimum absolute atomic E-state index is 0.287. The fourth-order valence-electron chi connectivity index (χ4n) is 3.67. The number of hydrogen-bond acceptors (Lipinski definition) is 4. The molecule has 0 atom stereocenters. The summed E-state index contributed by atoms with van der Waals surface area (Å²) in [6, 6.07) is 12.5. The van der Waals surface area contributed by atoms with Crippen LogP contribution in [0.15, 0.2) is 36.4 Å². The van der Waals surface area contributed by atoms with E-state index in [1.807, 2.05) is 16.8 Å². The normalized spacial score (nSPS) is 14.5. The van der Waals surface area contributed by atoms with Gasteiger partial charge in [-0.1, -0.05) is 17.7 Å². The van der Waals surface area contributed by atoms with Crippen molar-refractivity contribution < 1.29 is 9.47 Å². The van der Waals surface area contributed by atoms with Gasteiger partial charge in [0.2, 0.25) is 6.79 Å². The number of anilines is 1. The maximum Gasteiger partial charge on any atom is 0.231 e. The molecule has 25 heavy (non-hydrogen) atoms. The van der Waals surface area contributed by atoms with Gasteiger partial charge in [0.15, 0.2) is 11.5 Å². The number of hydrogen-bond donors (Lipinski definition) is 1. The minimum atomic E-state index is 0.287. The first kappa shape index (κ1) is 14.4. The Hall–Kier alpha value is -2.95. The average molecular weight is 333 g/mol. The Balaban J connectivity index is 1.67. The molecule has 5 rings (SSSR count). The number of benzene rings is 2. The topological polar surface area (TPSA) is 48.3 Å². The van der Waals surface area contributed by atoms with Gasteiger partial charge >= 0.3 is 0 Å². The molecule has 0 spiro atoms. The molecule has 1 aromatic heterocycles. The molecule has 1 N–H and O–H groups in total. The maximum absolute atomic E-state index is 5.53. The molecule has 0 saturated heterocycles. The van der Waals surface area contributed by atoms with Crippen LogP contribution in [0.3, 0.4) is 0 Å². The number of fused-ring (bicyclic) bond motifs is 2. The van der Waals surface area contributed by atoms with Gasteiger partial charge < -0.3 is 14.8 Å². The standard InChI is InChI=1S/C20H19N3O2/c1-12-3-5-16(13(2)9-12)23-20-15(7-8-21-20)19(22-23)14-4-6-17-18(10-14)25-11-24-17/h3-6,9-10,21H,7-8,11H2,1-2H3. The van der Waals surface area contributed by atoms with E-state index in [2.05, 4.69) is 43.4 Å². The number of ether oxygens (including phenoxy) is 2. The summed E-state index contributed by atoms with van der Waals surface area (Å²) in [5.41, 5.74) is 6.93. The van der Waals surface area contributed by atoms with E-state index < -0.39 is 0 Å². The second kappa shape index (κ2) is 5.28. The van der Waals surface area contributed by atoms with Crippen molar-refractivity contribution in [2.45, 2.75) is 20.3 Å². The number of aromatic nitrogens is 2. The van der Waals surface area contributed by atoms with Crippen molar-refractivity contribution in [3.05, 3.63) is 53.1 Å². The molecule has 0 unspecified atom stereocenters. The molecule has 5 heteroatoms. The molecular weight excluding hydrogens is 314 g/mol. The smallest absolute Gasteiger partial charge is 0.231 e. The number of rotatable bonds is 2. The SMILES string of the molecule is Cc1ccc(-n2nc(-c3ccc4c(c3)OCO4)c3c2NCC3)c(C)c1. The van der Waals surface area contributed by atoms with Crippen LogP contribution in [0.1, 0.15) is 16.7 Å². The van der Waals surface area contributed by atoms with Crippen LogP contribution in [0.4, 0.5) is 5.82 Å². The van der Waals surface area contributed by atoms with Crippen molar-refractivity contribution in [1.29, 1.82) is 0 Å². The first-order valence-corrected chi connectivity index (χ1v) is 8.54. The van der Waals surface area contributed by atoms with E-state index in [9.17, 15) is 0 Å². The molecule has 0 saturated carbocycles. The minimum Gasteiger partial charge on any atom is -0.454 e. The Kier molecular flexibility index (Phi) is 3.04.